The van der Waals surface area contributed by atoms with Gasteiger partial charge in [-0.2, -0.15) is 0 Å². The Morgan fingerprint density at radius 3 is 0.761 bits per heavy atom. The lowest BCUT2D eigenvalue weighted by molar-refractivity contribution is -0.167. The van der Waals surface area contributed by atoms with E-state index in [1.54, 1.807) is 0 Å². The van der Waals surface area contributed by atoms with E-state index in [-0.39, 0.29) is 31.1 Å². The minimum Gasteiger partial charge on any atom is -0.462 e. The van der Waals surface area contributed by atoms with Crippen LogP contribution >= 0.6 is 0 Å². The fraction of sp³-hybridized carbons (Fsp3) is 0.918. The first-order valence-electron chi connectivity index (χ1n) is 30.2. The molecule has 0 radical (unpaired) electrons. The van der Waals surface area contributed by atoms with Gasteiger partial charge in [-0.25, -0.2) is 0 Å². The van der Waals surface area contributed by atoms with Crippen LogP contribution in [0.1, 0.15) is 342 Å². The van der Waals surface area contributed by atoms with Crippen LogP contribution < -0.4 is 0 Å². The van der Waals surface area contributed by atoms with Crippen molar-refractivity contribution < 1.29 is 28.6 Å². The van der Waals surface area contributed by atoms with E-state index in [4.69, 9.17) is 14.2 Å². The molecule has 0 amide bonds. The third-order valence-corrected chi connectivity index (χ3v) is 13.8. The van der Waals surface area contributed by atoms with Gasteiger partial charge in [0.1, 0.15) is 13.2 Å². The van der Waals surface area contributed by atoms with Crippen LogP contribution in [-0.4, -0.2) is 37.2 Å². The number of carbonyl (C=O) groups excluding carboxylic acids is 3. The maximum absolute atomic E-state index is 12.9. The number of esters is 3. The summed E-state index contributed by atoms with van der Waals surface area (Å²) in [5.41, 5.74) is 0. The Hall–Kier alpha value is -1.85. The maximum Gasteiger partial charge on any atom is 0.306 e. The standard InChI is InChI=1S/C61H116O6/c1-4-7-10-13-16-19-22-25-27-29-30-32-33-36-39-42-45-48-51-54-60(63)66-57-58(56-65-59(62)53-50-47-44-41-38-35-24-21-18-15-12-9-6-3)67-61(64)55-52-49-46-43-40-37-34-31-28-26-23-20-17-14-11-8-5-2/h21,24,58H,4-20,22-23,25-57H2,1-3H3/b24-21+/t58-/m1/s1. The van der Waals surface area contributed by atoms with Crippen LogP contribution in [0.5, 0.6) is 0 Å². The number of hydrogen-bond donors (Lipinski definition) is 0. The first-order valence-corrected chi connectivity index (χ1v) is 30.2. The summed E-state index contributed by atoms with van der Waals surface area (Å²) in [7, 11) is 0. The van der Waals surface area contributed by atoms with Crippen LogP contribution in [0.25, 0.3) is 0 Å². The second kappa shape index (κ2) is 56.7. The number of rotatable bonds is 56. The summed E-state index contributed by atoms with van der Waals surface area (Å²) in [6, 6.07) is 0. The van der Waals surface area contributed by atoms with Crippen LogP contribution in [0.4, 0.5) is 0 Å². The van der Waals surface area contributed by atoms with Crippen molar-refractivity contribution in [1.29, 1.82) is 0 Å². The Labute approximate surface area is 418 Å². The number of ether oxygens (including phenoxy) is 3. The highest BCUT2D eigenvalue weighted by molar-refractivity contribution is 5.71. The van der Waals surface area contributed by atoms with E-state index in [2.05, 4.69) is 32.9 Å². The molecule has 0 heterocycles. The molecule has 0 saturated carbocycles. The molecule has 0 spiro atoms. The summed E-state index contributed by atoms with van der Waals surface area (Å²) in [6.07, 6.45) is 64.9. The largest absolute Gasteiger partial charge is 0.462 e. The second-order valence-corrected chi connectivity index (χ2v) is 20.6. The van der Waals surface area contributed by atoms with E-state index in [9.17, 15) is 14.4 Å². The Balaban J connectivity index is 4.28. The van der Waals surface area contributed by atoms with Crippen molar-refractivity contribution in [2.24, 2.45) is 0 Å². The quantitative estimate of drug-likeness (QED) is 0.0262. The van der Waals surface area contributed by atoms with Gasteiger partial charge in [0.2, 0.25) is 0 Å². The molecular formula is C61H116O6. The molecule has 0 fully saturated rings. The fourth-order valence-corrected chi connectivity index (χ4v) is 9.21. The molecule has 0 aliphatic carbocycles. The van der Waals surface area contributed by atoms with Crippen LogP contribution in [-0.2, 0) is 28.6 Å². The summed E-state index contributed by atoms with van der Waals surface area (Å²) < 4.78 is 16.9. The van der Waals surface area contributed by atoms with Gasteiger partial charge in [-0.05, 0) is 44.9 Å². The third kappa shape index (κ3) is 55.0. The van der Waals surface area contributed by atoms with Gasteiger partial charge in [-0.1, -0.05) is 290 Å². The van der Waals surface area contributed by atoms with Crippen molar-refractivity contribution in [2.45, 2.75) is 348 Å². The monoisotopic (exact) mass is 945 g/mol. The topological polar surface area (TPSA) is 78.9 Å². The molecule has 0 aliphatic rings. The Morgan fingerprint density at radius 1 is 0.284 bits per heavy atom. The Bertz CT molecular complexity index is 1040. The predicted octanol–water partition coefficient (Wildman–Crippen LogP) is 20.1. The summed E-state index contributed by atoms with van der Waals surface area (Å²) in [5, 5.41) is 0. The zero-order valence-electron chi connectivity index (χ0n) is 45.5. The molecule has 0 aromatic heterocycles. The molecule has 0 N–H and O–H groups in total. The molecule has 396 valence electrons. The first-order chi connectivity index (χ1) is 33.0. The van der Waals surface area contributed by atoms with Crippen molar-refractivity contribution >= 4 is 17.9 Å². The molecule has 1 atom stereocenters. The van der Waals surface area contributed by atoms with Crippen LogP contribution in [0.15, 0.2) is 12.2 Å². The Morgan fingerprint density at radius 2 is 0.493 bits per heavy atom. The molecule has 0 bridgehead atoms. The highest BCUT2D eigenvalue weighted by Crippen LogP contribution is 2.18. The van der Waals surface area contributed by atoms with Crippen molar-refractivity contribution in [2.75, 3.05) is 13.2 Å². The lowest BCUT2D eigenvalue weighted by atomic mass is 10.0. The smallest absolute Gasteiger partial charge is 0.306 e. The minimum absolute atomic E-state index is 0.0663. The third-order valence-electron chi connectivity index (χ3n) is 13.8. The number of allylic oxidation sites excluding steroid dienone is 2. The van der Waals surface area contributed by atoms with Gasteiger partial charge in [0.25, 0.3) is 0 Å². The zero-order chi connectivity index (χ0) is 48.6. The molecule has 0 aliphatic heterocycles. The second-order valence-electron chi connectivity index (χ2n) is 20.6. The minimum atomic E-state index is -0.768. The number of carbonyl (C=O) groups is 3. The van der Waals surface area contributed by atoms with Gasteiger partial charge in [-0.3, -0.25) is 14.4 Å². The molecular weight excluding hydrogens is 829 g/mol. The van der Waals surface area contributed by atoms with Gasteiger partial charge >= 0.3 is 17.9 Å². The van der Waals surface area contributed by atoms with Crippen molar-refractivity contribution in [1.82, 2.24) is 0 Å². The van der Waals surface area contributed by atoms with Crippen molar-refractivity contribution in [3.8, 4) is 0 Å². The molecule has 0 aromatic rings. The SMILES string of the molecule is CCCCCC/C=C/CCCCCCCC(=O)OC[C@H](COC(=O)CCCCCCCCCCCCCCCCCCCCC)OC(=O)CCCCCCCCCCCCCCCCCCC. The van der Waals surface area contributed by atoms with E-state index in [1.165, 1.54) is 238 Å². The molecule has 0 saturated heterocycles. The normalized spacial score (nSPS) is 12.0. The fourth-order valence-electron chi connectivity index (χ4n) is 9.21. The molecule has 67 heavy (non-hydrogen) atoms. The van der Waals surface area contributed by atoms with E-state index >= 15 is 0 Å². The lowest BCUT2D eigenvalue weighted by Crippen LogP contribution is -2.30. The Kier molecular flexibility index (Phi) is 55.2. The predicted molar refractivity (Wildman–Crippen MR) is 289 cm³/mol. The average molecular weight is 946 g/mol. The molecule has 6 heteroatoms. The number of unbranched alkanes of at least 4 members (excludes halogenated alkanes) is 43. The van der Waals surface area contributed by atoms with Gasteiger partial charge in [0.15, 0.2) is 6.10 Å². The van der Waals surface area contributed by atoms with Gasteiger partial charge < -0.3 is 14.2 Å². The van der Waals surface area contributed by atoms with Crippen molar-refractivity contribution in [3.63, 3.8) is 0 Å². The van der Waals surface area contributed by atoms with Gasteiger partial charge in [0.05, 0.1) is 0 Å². The van der Waals surface area contributed by atoms with E-state index in [0.29, 0.717) is 19.3 Å². The van der Waals surface area contributed by atoms with Crippen molar-refractivity contribution in [3.05, 3.63) is 12.2 Å². The number of hydrogen-bond acceptors (Lipinski definition) is 6. The summed E-state index contributed by atoms with van der Waals surface area (Å²) in [5.74, 6) is -0.848. The summed E-state index contributed by atoms with van der Waals surface area (Å²) >= 11 is 0. The summed E-state index contributed by atoms with van der Waals surface area (Å²) in [4.78, 5) is 38.2. The van der Waals surface area contributed by atoms with Crippen LogP contribution in [0.2, 0.25) is 0 Å². The van der Waals surface area contributed by atoms with Gasteiger partial charge in [0, 0.05) is 19.3 Å². The van der Waals surface area contributed by atoms with Crippen LogP contribution in [0.3, 0.4) is 0 Å². The molecule has 6 nitrogen and oxygen atoms in total. The molecule has 0 rings (SSSR count). The summed E-state index contributed by atoms with van der Waals surface area (Å²) in [6.45, 7) is 6.69. The van der Waals surface area contributed by atoms with E-state index in [0.717, 1.165) is 64.2 Å². The average Bonchev–Trinajstić information content (AvgIpc) is 3.33. The van der Waals surface area contributed by atoms with E-state index < -0.39 is 6.10 Å². The van der Waals surface area contributed by atoms with Crippen LogP contribution in [0, 0.1) is 0 Å². The van der Waals surface area contributed by atoms with E-state index in [1.807, 2.05) is 0 Å². The highest BCUT2D eigenvalue weighted by atomic mass is 16.6. The zero-order valence-corrected chi connectivity index (χ0v) is 45.5. The molecule has 0 aromatic carbocycles. The van der Waals surface area contributed by atoms with Gasteiger partial charge in [-0.15, -0.1) is 0 Å². The first kappa shape index (κ1) is 65.1. The molecule has 0 unspecified atom stereocenters. The highest BCUT2D eigenvalue weighted by Gasteiger charge is 2.19. The lowest BCUT2D eigenvalue weighted by Gasteiger charge is -2.18. The maximum atomic E-state index is 12.9.